The fraction of sp³-hybridized carbons (Fsp3) is 0.375. The van der Waals surface area contributed by atoms with Gasteiger partial charge in [-0.15, -0.1) is 0 Å². The molecule has 1 aromatic rings. The maximum absolute atomic E-state index is 12.2. The lowest BCUT2D eigenvalue weighted by molar-refractivity contribution is -0.113. The first-order valence-corrected chi connectivity index (χ1v) is 8.32. The van der Waals surface area contributed by atoms with Crippen molar-refractivity contribution in [2.45, 2.75) is 19.3 Å². The molecule has 1 amide bonds. The van der Waals surface area contributed by atoms with Gasteiger partial charge in [-0.1, -0.05) is 18.2 Å². The smallest absolute Gasteiger partial charge is 0.286 e. The zero-order valence-corrected chi connectivity index (χ0v) is 13.5. The van der Waals surface area contributed by atoms with E-state index < -0.39 is 0 Å². The van der Waals surface area contributed by atoms with E-state index in [9.17, 15) is 4.79 Å². The highest BCUT2D eigenvalue weighted by molar-refractivity contribution is 8.18. The predicted octanol–water partition coefficient (Wildman–Crippen LogP) is 2.45. The second-order valence-corrected chi connectivity index (χ2v) is 6.54. The van der Waals surface area contributed by atoms with Crippen LogP contribution < -0.4 is 10.9 Å². The molecule has 0 spiro atoms. The van der Waals surface area contributed by atoms with Crippen LogP contribution in [0, 0.1) is 0 Å². The molecular formula is C16H20N4OS. The minimum absolute atomic E-state index is 0.153. The van der Waals surface area contributed by atoms with E-state index >= 15 is 0 Å². The fourth-order valence-corrected chi connectivity index (χ4v) is 3.65. The highest BCUT2D eigenvalue weighted by atomic mass is 32.2. The van der Waals surface area contributed by atoms with Crippen molar-refractivity contribution in [1.82, 2.24) is 4.90 Å². The topological polar surface area (TPSA) is 61.9 Å². The summed E-state index contributed by atoms with van der Waals surface area (Å²) in [6, 6.07) is 7.76. The average Bonchev–Trinajstić information content (AvgIpc) is 2.90. The largest absolute Gasteiger partial charge is 0.351 e. The summed E-state index contributed by atoms with van der Waals surface area (Å²) < 4.78 is 0. The number of amides is 1. The third-order valence-corrected chi connectivity index (χ3v) is 4.88. The van der Waals surface area contributed by atoms with E-state index in [1.54, 1.807) is 12.1 Å². The van der Waals surface area contributed by atoms with Crippen molar-refractivity contribution < 1.29 is 4.79 Å². The number of nitrogens with two attached hydrogens (primary N) is 1. The number of benzene rings is 1. The fourth-order valence-electron chi connectivity index (χ4n) is 2.69. The van der Waals surface area contributed by atoms with Gasteiger partial charge in [0, 0.05) is 25.7 Å². The molecule has 1 saturated heterocycles. The second kappa shape index (κ2) is 6.54. The van der Waals surface area contributed by atoms with Crippen molar-refractivity contribution in [3.8, 4) is 0 Å². The standard InChI is InChI=1S/C16H20N4OS/c1-19(17)13-8-4-3-7-12(13)11-14-15(21)18-16(22-14)20-9-5-2-6-10-20/h3-4,7-8,11H,2,5-6,9-10,17H2,1H3/b14-11-. The molecule has 0 saturated carbocycles. The van der Waals surface area contributed by atoms with Gasteiger partial charge in [0.05, 0.1) is 10.6 Å². The minimum Gasteiger partial charge on any atom is -0.351 e. The molecule has 0 aliphatic carbocycles. The lowest BCUT2D eigenvalue weighted by Gasteiger charge is -2.27. The molecule has 2 aliphatic rings. The van der Waals surface area contributed by atoms with E-state index in [1.807, 2.05) is 30.3 Å². The molecule has 2 heterocycles. The third-order valence-electron chi connectivity index (χ3n) is 3.84. The van der Waals surface area contributed by atoms with Gasteiger partial charge in [0.2, 0.25) is 0 Å². The van der Waals surface area contributed by atoms with Crippen LogP contribution in [0.3, 0.4) is 0 Å². The summed E-state index contributed by atoms with van der Waals surface area (Å²) in [5.74, 6) is 5.69. The number of hydrogen-bond acceptors (Lipinski definition) is 5. The van der Waals surface area contributed by atoms with Crippen molar-refractivity contribution in [2.24, 2.45) is 10.8 Å². The van der Waals surface area contributed by atoms with Crippen molar-refractivity contribution in [3.63, 3.8) is 0 Å². The second-order valence-electron chi connectivity index (χ2n) is 5.53. The van der Waals surface area contributed by atoms with E-state index in [-0.39, 0.29) is 5.91 Å². The molecule has 2 aliphatic heterocycles. The number of nitrogens with zero attached hydrogens (tertiary/aromatic N) is 3. The maximum atomic E-state index is 12.2. The summed E-state index contributed by atoms with van der Waals surface area (Å²) in [4.78, 5) is 19.3. The Morgan fingerprint density at radius 3 is 2.73 bits per heavy atom. The van der Waals surface area contributed by atoms with Crippen LogP contribution in [0.25, 0.3) is 6.08 Å². The van der Waals surface area contributed by atoms with Crippen molar-refractivity contribution >= 4 is 34.6 Å². The van der Waals surface area contributed by atoms with Gasteiger partial charge in [-0.05, 0) is 43.2 Å². The highest BCUT2D eigenvalue weighted by Crippen LogP contribution is 2.32. The molecule has 1 aromatic carbocycles. The van der Waals surface area contributed by atoms with Crippen LogP contribution in [0.4, 0.5) is 5.69 Å². The summed E-state index contributed by atoms with van der Waals surface area (Å²) in [7, 11) is 1.79. The number of carbonyl (C=O) groups is 1. The van der Waals surface area contributed by atoms with Crippen LogP contribution in [0.2, 0.25) is 0 Å². The Morgan fingerprint density at radius 2 is 2.00 bits per heavy atom. The van der Waals surface area contributed by atoms with Crippen LogP contribution in [-0.2, 0) is 4.79 Å². The maximum Gasteiger partial charge on any atom is 0.286 e. The number of anilines is 1. The van der Waals surface area contributed by atoms with Crippen LogP contribution in [-0.4, -0.2) is 36.1 Å². The molecule has 3 rings (SSSR count). The Kier molecular flexibility index (Phi) is 4.49. The Hall–Kier alpha value is -1.79. The zero-order valence-electron chi connectivity index (χ0n) is 12.7. The molecule has 5 nitrogen and oxygen atoms in total. The lowest BCUT2D eigenvalue weighted by Crippen LogP contribution is -2.33. The molecule has 1 fully saturated rings. The molecule has 22 heavy (non-hydrogen) atoms. The monoisotopic (exact) mass is 316 g/mol. The third kappa shape index (κ3) is 3.18. The summed E-state index contributed by atoms with van der Waals surface area (Å²) in [5.41, 5.74) is 1.81. The first-order chi connectivity index (χ1) is 10.6. The SMILES string of the molecule is CN(N)c1ccccc1/C=C1\SC(N2CCCCC2)=NC1=O. The van der Waals surface area contributed by atoms with Gasteiger partial charge in [0.1, 0.15) is 0 Å². The summed E-state index contributed by atoms with van der Waals surface area (Å²) in [5, 5.41) is 2.40. The van der Waals surface area contributed by atoms with Gasteiger partial charge in [0.15, 0.2) is 5.17 Å². The number of hydrazine groups is 1. The number of amidine groups is 1. The minimum atomic E-state index is -0.153. The lowest BCUT2D eigenvalue weighted by atomic mass is 10.1. The van der Waals surface area contributed by atoms with Crippen LogP contribution in [0.1, 0.15) is 24.8 Å². The Labute approximate surface area is 134 Å². The van der Waals surface area contributed by atoms with Crippen molar-refractivity contribution in [2.75, 3.05) is 25.1 Å². The van der Waals surface area contributed by atoms with E-state index in [1.165, 1.54) is 31.0 Å². The Balaban J connectivity index is 1.81. The molecule has 0 atom stereocenters. The summed E-state index contributed by atoms with van der Waals surface area (Å²) in [6.45, 7) is 1.99. The average molecular weight is 316 g/mol. The van der Waals surface area contributed by atoms with Crippen molar-refractivity contribution in [1.29, 1.82) is 0 Å². The predicted molar refractivity (Wildman–Crippen MR) is 92.5 cm³/mol. The normalized spacial score (nSPS) is 20.5. The first kappa shape index (κ1) is 15.1. The van der Waals surface area contributed by atoms with Crippen LogP contribution in [0.5, 0.6) is 0 Å². The van der Waals surface area contributed by atoms with E-state index in [0.717, 1.165) is 29.5 Å². The molecule has 0 bridgehead atoms. The zero-order chi connectivity index (χ0) is 15.5. The first-order valence-electron chi connectivity index (χ1n) is 7.50. The molecule has 2 N–H and O–H groups in total. The Bertz CT molecular complexity index is 633. The number of hydrogen-bond donors (Lipinski definition) is 1. The van der Waals surface area contributed by atoms with Gasteiger partial charge in [-0.2, -0.15) is 4.99 Å². The number of likely N-dealkylation sites (tertiary alicyclic amines) is 1. The van der Waals surface area contributed by atoms with Gasteiger partial charge in [-0.3, -0.25) is 4.79 Å². The number of thioether (sulfide) groups is 1. The number of aliphatic imine (C=N–C) groups is 1. The number of para-hydroxylation sites is 1. The number of rotatable bonds is 2. The molecule has 0 unspecified atom stereocenters. The van der Waals surface area contributed by atoms with Gasteiger partial charge in [-0.25, -0.2) is 5.84 Å². The number of piperidine rings is 1. The van der Waals surface area contributed by atoms with E-state index in [4.69, 9.17) is 5.84 Å². The van der Waals surface area contributed by atoms with E-state index in [2.05, 4.69) is 9.89 Å². The van der Waals surface area contributed by atoms with Crippen molar-refractivity contribution in [3.05, 3.63) is 34.7 Å². The number of carbonyl (C=O) groups excluding carboxylic acids is 1. The van der Waals surface area contributed by atoms with Gasteiger partial charge in [0.25, 0.3) is 5.91 Å². The van der Waals surface area contributed by atoms with Gasteiger partial charge < -0.3 is 9.91 Å². The van der Waals surface area contributed by atoms with Gasteiger partial charge >= 0.3 is 0 Å². The molecule has 0 aromatic heterocycles. The molecule has 0 radical (unpaired) electrons. The van der Waals surface area contributed by atoms with E-state index in [0.29, 0.717) is 4.91 Å². The van der Waals surface area contributed by atoms with Crippen LogP contribution >= 0.6 is 11.8 Å². The molecule has 6 heteroatoms. The summed E-state index contributed by atoms with van der Waals surface area (Å²) in [6.07, 6.45) is 5.49. The van der Waals surface area contributed by atoms with Crippen LogP contribution in [0.15, 0.2) is 34.2 Å². The summed E-state index contributed by atoms with van der Waals surface area (Å²) >= 11 is 1.47. The molecule has 116 valence electrons. The Morgan fingerprint density at radius 1 is 1.27 bits per heavy atom. The quantitative estimate of drug-likeness (QED) is 0.516. The molecular weight excluding hydrogens is 296 g/mol. The highest BCUT2D eigenvalue weighted by Gasteiger charge is 2.27.